The van der Waals surface area contributed by atoms with Crippen LogP contribution in [-0.4, -0.2) is 28.7 Å². The topological polar surface area (TPSA) is 23.5 Å². The first-order chi connectivity index (χ1) is 9.16. The van der Waals surface area contributed by atoms with E-state index in [1.807, 2.05) is 0 Å². The summed E-state index contributed by atoms with van der Waals surface area (Å²) in [5.41, 5.74) is 2.39. The summed E-state index contributed by atoms with van der Waals surface area (Å²) in [6.45, 7) is 5.30. The Morgan fingerprint density at radius 1 is 1.32 bits per heavy atom. The number of hydrogen-bond donors (Lipinski definition) is 1. The van der Waals surface area contributed by atoms with Crippen molar-refractivity contribution in [3.05, 3.63) is 35.4 Å². The maximum atomic E-state index is 10.7. The molecular weight excluding hydrogens is 234 g/mol. The van der Waals surface area contributed by atoms with Crippen molar-refractivity contribution in [2.45, 2.75) is 51.2 Å². The molecule has 104 valence electrons. The highest BCUT2D eigenvalue weighted by Crippen LogP contribution is 2.39. The first kappa shape index (κ1) is 13.1. The second-order valence-electron chi connectivity index (χ2n) is 6.52. The number of aryl methyl sites for hydroxylation is 1. The molecule has 2 unspecified atom stereocenters. The summed E-state index contributed by atoms with van der Waals surface area (Å²) in [6, 6.07) is 8.79. The highest BCUT2D eigenvalue weighted by molar-refractivity contribution is 5.22. The zero-order chi connectivity index (χ0) is 13.3. The van der Waals surface area contributed by atoms with E-state index in [0.29, 0.717) is 5.92 Å². The fourth-order valence-corrected chi connectivity index (χ4v) is 3.85. The molecule has 1 saturated carbocycles. The second kappa shape index (κ2) is 5.26. The van der Waals surface area contributed by atoms with Gasteiger partial charge in [0.15, 0.2) is 0 Å². The van der Waals surface area contributed by atoms with Crippen LogP contribution in [0.4, 0.5) is 0 Å². The molecule has 19 heavy (non-hydrogen) atoms. The maximum absolute atomic E-state index is 10.7. The Morgan fingerprint density at radius 3 is 3.05 bits per heavy atom. The molecule has 0 amide bonds. The Bertz CT molecular complexity index is 445. The van der Waals surface area contributed by atoms with Gasteiger partial charge in [-0.3, -0.25) is 4.90 Å². The van der Waals surface area contributed by atoms with Crippen LogP contribution in [0.5, 0.6) is 0 Å². The molecule has 3 rings (SSSR count). The van der Waals surface area contributed by atoms with Crippen molar-refractivity contribution in [2.24, 2.45) is 5.92 Å². The second-order valence-corrected chi connectivity index (χ2v) is 6.52. The first-order valence-electron chi connectivity index (χ1n) is 7.66. The molecule has 1 aliphatic carbocycles. The van der Waals surface area contributed by atoms with E-state index in [9.17, 15) is 5.11 Å². The average Bonchev–Trinajstić information content (AvgIpc) is 2.39. The molecule has 0 bridgehead atoms. The number of fused-ring (bicyclic) bond motifs is 1. The number of benzene rings is 1. The van der Waals surface area contributed by atoms with Crippen molar-refractivity contribution in [3.63, 3.8) is 0 Å². The third-order valence-electron chi connectivity index (χ3n) is 5.00. The molecule has 2 heteroatoms. The average molecular weight is 259 g/mol. The van der Waals surface area contributed by atoms with Gasteiger partial charge in [0.25, 0.3) is 0 Å². The number of piperidine rings is 1. The largest absolute Gasteiger partial charge is 0.390 e. The molecule has 2 atom stereocenters. The van der Waals surface area contributed by atoms with Gasteiger partial charge in [-0.1, -0.05) is 42.7 Å². The summed E-state index contributed by atoms with van der Waals surface area (Å²) in [4.78, 5) is 2.53. The molecule has 2 aliphatic rings. The lowest BCUT2D eigenvalue weighted by Gasteiger charge is -2.47. The Balaban J connectivity index is 1.65. The van der Waals surface area contributed by atoms with Crippen LogP contribution in [0.1, 0.15) is 43.2 Å². The van der Waals surface area contributed by atoms with Crippen molar-refractivity contribution >= 4 is 0 Å². The van der Waals surface area contributed by atoms with Crippen molar-refractivity contribution in [2.75, 3.05) is 13.1 Å². The molecule has 0 aromatic heterocycles. The van der Waals surface area contributed by atoms with Crippen LogP contribution in [0.2, 0.25) is 0 Å². The predicted molar refractivity (Wildman–Crippen MR) is 78.0 cm³/mol. The number of aliphatic hydroxyl groups is 1. The van der Waals surface area contributed by atoms with E-state index in [-0.39, 0.29) is 5.60 Å². The minimum atomic E-state index is -0.346. The van der Waals surface area contributed by atoms with Gasteiger partial charge in [0.1, 0.15) is 0 Å². The van der Waals surface area contributed by atoms with E-state index in [4.69, 9.17) is 0 Å². The third kappa shape index (κ3) is 2.85. The third-order valence-corrected chi connectivity index (χ3v) is 5.00. The van der Waals surface area contributed by atoms with Gasteiger partial charge in [-0.05, 0) is 31.7 Å². The van der Waals surface area contributed by atoms with Crippen molar-refractivity contribution in [1.82, 2.24) is 4.90 Å². The van der Waals surface area contributed by atoms with Gasteiger partial charge in [-0.25, -0.2) is 0 Å². The summed E-state index contributed by atoms with van der Waals surface area (Å²) in [5, 5.41) is 10.7. The SMILES string of the molecule is Cc1cccc(CN2CCC3(O)CCCCC3C2)c1. The molecule has 1 aromatic rings. The normalized spacial score (nSPS) is 32.0. The fraction of sp³-hybridized carbons (Fsp3) is 0.647. The summed E-state index contributed by atoms with van der Waals surface area (Å²) in [6.07, 6.45) is 5.70. The van der Waals surface area contributed by atoms with E-state index in [1.54, 1.807) is 0 Å². The quantitative estimate of drug-likeness (QED) is 0.882. The van der Waals surface area contributed by atoms with Gasteiger partial charge in [0, 0.05) is 25.6 Å². The minimum Gasteiger partial charge on any atom is -0.390 e. The van der Waals surface area contributed by atoms with Crippen molar-refractivity contribution in [1.29, 1.82) is 0 Å². The van der Waals surface area contributed by atoms with Crippen LogP contribution in [0.25, 0.3) is 0 Å². The molecule has 2 nitrogen and oxygen atoms in total. The number of hydrogen-bond acceptors (Lipinski definition) is 2. The van der Waals surface area contributed by atoms with E-state index in [1.165, 1.54) is 30.4 Å². The van der Waals surface area contributed by atoms with Crippen LogP contribution in [0.3, 0.4) is 0 Å². The molecule has 2 fully saturated rings. The van der Waals surface area contributed by atoms with Gasteiger partial charge in [0.05, 0.1) is 5.60 Å². The molecule has 1 aliphatic heterocycles. The number of nitrogens with zero attached hydrogens (tertiary/aromatic N) is 1. The first-order valence-corrected chi connectivity index (χ1v) is 7.66. The van der Waals surface area contributed by atoms with Crippen molar-refractivity contribution < 1.29 is 5.11 Å². The predicted octanol–water partition coefficient (Wildman–Crippen LogP) is 3.12. The molecule has 1 heterocycles. The Labute approximate surface area is 116 Å². The highest BCUT2D eigenvalue weighted by Gasteiger charge is 2.42. The van der Waals surface area contributed by atoms with Crippen LogP contribution in [0, 0.1) is 12.8 Å². The van der Waals surface area contributed by atoms with Gasteiger partial charge < -0.3 is 5.11 Å². The smallest absolute Gasteiger partial charge is 0.0700 e. The van der Waals surface area contributed by atoms with E-state index in [2.05, 4.69) is 36.1 Å². The number of likely N-dealkylation sites (tertiary alicyclic amines) is 1. The fourth-order valence-electron chi connectivity index (χ4n) is 3.85. The van der Waals surface area contributed by atoms with Crippen molar-refractivity contribution in [3.8, 4) is 0 Å². The lowest BCUT2D eigenvalue weighted by atomic mass is 9.71. The van der Waals surface area contributed by atoms with Crippen LogP contribution >= 0.6 is 0 Å². The zero-order valence-corrected chi connectivity index (χ0v) is 11.9. The molecule has 1 N–H and O–H groups in total. The zero-order valence-electron chi connectivity index (χ0n) is 11.9. The number of rotatable bonds is 2. The van der Waals surface area contributed by atoms with Gasteiger partial charge in [-0.15, -0.1) is 0 Å². The van der Waals surface area contributed by atoms with Gasteiger partial charge in [-0.2, -0.15) is 0 Å². The lowest BCUT2D eigenvalue weighted by Crippen LogP contribution is -2.52. The Kier molecular flexibility index (Phi) is 3.64. The summed E-state index contributed by atoms with van der Waals surface area (Å²) >= 11 is 0. The minimum absolute atomic E-state index is 0.346. The molecule has 1 saturated heterocycles. The lowest BCUT2D eigenvalue weighted by molar-refractivity contribution is -0.0967. The van der Waals surface area contributed by atoms with Crippen LogP contribution < -0.4 is 0 Å². The molecule has 0 radical (unpaired) electrons. The van der Waals surface area contributed by atoms with E-state index >= 15 is 0 Å². The summed E-state index contributed by atoms with van der Waals surface area (Å²) < 4.78 is 0. The van der Waals surface area contributed by atoms with E-state index < -0.39 is 0 Å². The summed E-state index contributed by atoms with van der Waals surface area (Å²) in [5.74, 6) is 0.500. The van der Waals surface area contributed by atoms with Gasteiger partial charge >= 0.3 is 0 Å². The molecular formula is C17H25NO. The highest BCUT2D eigenvalue weighted by atomic mass is 16.3. The Morgan fingerprint density at radius 2 is 2.21 bits per heavy atom. The van der Waals surface area contributed by atoms with E-state index in [0.717, 1.165) is 32.5 Å². The monoisotopic (exact) mass is 259 g/mol. The molecule has 1 aromatic carbocycles. The molecule has 0 spiro atoms. The summed E-state index contributed by atoms with van der Waals surface area (Å²) in [7, 11) is 0. The maximum Gasteiger partial charge on any atom is 0.0700 e. The standard InChI is InChI=1S/C17H25NO/c1-14-5-4-6-15(11-14)12-18-10-9-17(19)8-3-2-7-16(17)13-18/h4-6,11,16,19H,2-3,7-10,12-13H2,1H3. The van der Waals surface area contributed by atoms with Gasteiger partial charge in [0.2, 0.25) is 0 Å². The Hall–Kier alpha value is -0.860. The van der Waals surface area contributed by atoms with Crippen LogP contribution in [0.15, 0.2) is 24.3 Å². The van der Waals surface area contributed by atoms with Crippen LogP contribution in [-0.2, 0) is 6.54 Å².